The fourth-order valence-corrected chi connectivity index (χ4v) is 5.08. The van der Waals surface area contributed by atoms with Crippen LogP contribution in [0.1, 0.15) is 32.6 Å². The first-order chi connectivity index (χ1) is 11.2. The van der Waals surface area contributed by atoms with E-state index in [-0.39, 0.29) is 29.2 Å². The molecule has 2 heterocycles. The summed E-state index contributed by atoms with van der Waals surface area (Å²) in [7, 11) is -4.03. The topological polar surface area (TPSA) is 87.3 Å². The summed E-state index contributed by atoms with van der Waals surface area (Å²) in [5.74, 6) is -1.37. The quantitative estimate of drug-likeness (QED) is 0.709. The van der Waals surface area contributed by atoms with Gasteiger partial charge in [-0.05, 0) is 31.7 Å². The van der Waals surface area contributed by atoms with E-state index in [1.54, 1.807) is 0 Å². The zero-order valence-electron chi connectivity index (χ0n) is 13.5. The number of amides is 1. The maximum Gasteiger partial charge on any atom is 0.243 e. The van der Waals surface area contributed by atoms with Crippen molar-refractivity contribution in [2.24, 2.45) is 0 Å². The number of sulfonamides is 1. The summed E-state index contributed by atoms with van der Waals surface area (Å²) < 4.78 is 41.9. The Morgan fingerprint density at radius 3 is 2.44 bits per heavy atom. The van der Waals surface area contributed by atoms with Crippen molar-refractivity contribution >= 4 is 45.6 Å². The van der Waals surface area contributed by atoms with Gasteiger partial charge in [-0.3, -0.25) is 4.79 Å². The number of benzene rings is 1. The van der Waals surface area contributed by atoms with Crippen molar-refractivity contribution in [1.82, 2.24) is 10.0 Å². The van der Waals surface area contributed by atoms with E-state index in [1.807, 2.05) is 0 Å². The number of halogens is 3. The second-order valence-corrected chi connectivity index (χ2v) is 8.46. The summed E-state index contributed by atoms with van der Waals surface area (Å²) in [4.78, 5) is 10.6. The molecule has 3 N–H and O–H groups in total. The van der Waals surface area contributed by atoms with Gasteiger partial charge in [-0.2, -0.15) is 0 Å². The van der Waals surface area contributed by atoms with Crippen molar-refractivity contribution in [3.63, 3.8) is 0 Å². The second-order valence-electron chi connectivity index (χ2n) is 6.37. The molecule has 0 spiro atoms. The molecule has 2 fully saturated rings. The van der Waals surface area contributed by atoms with Crippen LogP contribution in [0.5, 0.6) is 0 Å². The molecule has 2 unspecified atom stereocenters. The third kappa shape index (κ3) is 4.62. The molecule has 0 aromatic heterocycles. The Morgan fingerprint density at radius 2 is 1.88 bits per heavy atom. The number of hydrogen-bond acceptors (Lipinski definition) is 4. The molecule has 1 aromatic carbocycles. The molecule has 1 amide bonds. The van der Waals surface area contributed by atoms with Gasteiger partial charge in [-0.25, -0.2) is 17.5 Å². The Balaban J connectivity index is 0.00000225. The van der Waals surface area contributed by atoms with E-state index in [4.69, 9.17) is 11.6 Å². The highest BCUT2D eigenvalue weighted by Crippen LogP contribution is 2.30. The number of piperidine rings is 1. The van der Waals surface area contributed by atoms with Crippen molar-refractivity contribution in [2.75, 3.05) is 5.32 Å². The van der Waals surface area contributed by atoms with Crippen LogP contribution in [-0.4, -0.2) is 32.5 Å². The highest BCUT2D eigenvalue weighted by molar-refractivity contribution is 7.89. The van der Waals surface area contributed by atoms with Crippen molar-refractivity contribution in [3.8, 4) is 0 Å². The van der Waals surface area contributed by atoms with Gasteiger partial charge < -0.3 is 10.6 Å². The Labute approximate surface area is 157 Å². The van der Waals surface area contributed by atoms with Crippen molar-refractivity contribution in [2.45, 2.75) is 55.6 Å². The number of carbonyl (C=O) groups excluding carboxylic acids is 1. The summed E-state index contributed by atoms with van der Waals surface area (Å²) >= 11 is 5.97. The average Bonchev–Trinajstić information content (AvgIpc) is 2.80. The van der Waals surface area contributed by atoms with Gasteiger partial charge in [-0.15, -0.1) is 12.4 Å². The molecule has 25 heavy (non-hydrogen) atoms. The lowest BCUT2D eigenvalue weighted by Gasteiger charge is -2.29. The molecule has 2 aliphatic rings. The zero-order chi connectivity index (χ0) is 17.5. The van der Waals surface area contributed by atoms with E-state index in [2.05, 4.69) is 15.4 Å². The van der Waals surface area contributed by atoms with Crippen molar-refractivity contribution < 1.29 is 17.6 Å². The predicted octanol–water partition coefficient (Wildman–Crippen LogP) is 2.42. The Kier molecular flexibility index (Phi) is 6.32. The van der Waals surface area contributed by atoms with Crippen LogP contribution in [0.25, 0.3) is 0 Å². The first kappa shape index (κ1) is 20.4. The fourth-order valence-electron chi connectivity index (χ4n) is 3.46. The van der Waals surface area contributed by atoms with Gasteiger partial charge in [-0.1, -0.05) is 11.6 Å². The summed E-state index contributed by atoms with van der Waals surface area (Å²) in [6, 6.07) is 2.35. The standard InChI is InChI=1S/C15H19ClFN3O3S.ClH/c1-8(21)18-14-7-13(17)15(6-12(14)16)24(22,23)20-11-4-9-2-3-10(5-11)19-9;/h6-7,9-11,19-20H,2-5H2,1H3,(H,18,21);1H. The van der Waals surface area contributed by atoms with Crippen molar-refractivity contribution in [1.29, 1.82) is 0 Å². The highest BCUT2D eigenvalue weighted by atomic mass is 35.5. The monoisotopic (exact) mass is 411 g/mol. The second kappa shape index (κ2) is 7.75. The smallest absolute Gasteiger partial charge is 0.243 e. The lowest BCUT2D eigenvalue weighted by Crippen LogP contribution is -2.48. The van der Waals surface area contributed by atoms with Crippen molar-refractivity contribution in [3.05, 3.63) is 23.0 Å². The first-order valence-electron chi connectivity index (χ1n) is 7.79. The van der Waals surface area contributed by atoms with Crippen LogP contribution >= 0.6 is 24.0 Å². The van der Waals surface area contributed by atoms with Gasteiger partial charge in [0, 0.05) is 31.1 Å². The number of rotatable bonds is 4. The minimum Gasteiger partial charge on any atom is -0.325 e. The molecule has 2 saturated heterocycles. The van der Waals surface area contributed by atoms with E-state index < -0.39 is 26.6 Å². The van der Waals surface area contributed by atoms with Gasteiger partial charge >= 0.3 is 0 Å². The first-order valence-corrected chi connectivity index (χ1v) is 9.66. The summed E-state index contributed by atoms with van der Waals surface area (Å²) in [6.45, 7) is 1.26. The normalized spacial score (nSPS) is 25.3. The molecule has 0 saturated carbocycles. The average molecular weight is 412 g/mol. The molecule has 2 aliphatic heterocycles. The SMILES string of the molecule is CC(=O)Nc1cc(F)c(S(=O)(=O)NC2CC3CCC(C2)N3)cc1Cl.Cl. The van der Waals surface area contributed by atoms with Gasteiger partial charge in [0.2, 0.25) is 15.9 Å². The van der Waals surface area contributed by atoms with E-state index in [0.29, 0.717) is 24.9 Å². The third-order valence-electron chi connectivity index (χ3n) is 4.42. The fraction of sp³-hybridized carbons (Fsp3) is 0.533. The molecule has 6 nitrogen and oxygen atoms in total. The minimum absolute atomic E-state index is 0. The van der Waals surface area contributed by atoms with Crippen LogP contribution in [0.15, 0.2) is 17.0 Å². The summed E-state index contributed by atoms with van der Waals surface area (Å²) in [5.41, 5.74) is 0.0422. The van der Waals surface area contributed by atoms with Gasteiger partial charge in [0.15, 0.2) is 0 Å². The Hall–Kier alpha value is -0.930. The lowest BCUT2D eigenvalue weighted by molar-refractivity contribution is -0.114. The molecular weight excluding hydrogens is 392 g/mol. The van der Waals surface area contributed by atoms with E-state index >= 15 is 0 Å². The summed E-state index contributed by atoms with van der Waals surface area (Å²) in [6.07, 6.45) is 3.45. The van der Waals surface area contributed by atoms with Gasteiger partial charge in [0.25, 0.3) is 0 Å². The largest absolute Gasteiger partial charge is 0.325 e. The summed E-state index contributed by atoms with van der Waals surface area (Å²) in [5, 5.41) is 5.75. The molecule has 1 aromatic rings. The van der Waals surface area contributed by atoms with E-state index in [1.165, 1.54) is 6.92 Å². The Morgan fingerprint density at radius 1 is 1.28 bits per heavy atom. The third-order valence-corrected chi connectivity index (χ3v) is 6.26. The van der Waals surface area contributed by atoms with Crippen LogP contribution in [-0.2, 0) is 14.8 Å². The lowest BCUT2D eigenvalue weighted by atomic mass is 10.0. The molecule has 2 bridgehead atoms. The highest BCUT2D eigenvalue weighted by Gasteiger charge is 2.36. The van der Waals surface area contributed by atoms with Crippen LogP contribution in [0.4, 0.5) is 10.1 Å². The molecule has 140 valence electrons. The maximum atomic E-state index is 14.3. The predicted molar refractivity (Wildman–Crippen MR) is 96.3 cm³/mol. The molecule has 3 rings (SSSR count). The van der Waals surface area contributed by atoms with Crippen LogP contribution in [0, 0.1) is 5.82 Å². The number of carbonyl (C=O) groups is 1. The van der Waals surface area contributed by atoms with Gasteiger partial charge in [0.05, 0.1) is 10.7 Å². The molecule has 0 radical (unpaired) electrons. The Bertz CT molecular complexity index is 764. The maximum absolute atomic E-state index is 14.3. The van der Waals surface area contributed by atoms with Gasteiger partial charge in [0.1, 0.15) is 10.7 Å². The number of fused-ring (bicyclic) bond motifs is 2. The van der Waals surface area contributed by atoms with E-state index in [0.717, 1.165) is 25.0 Å². The molecular formula is C15H20Cl2FN3O3S. The zero-order valence-corrected chi connectivity index (χ0v) is 15.9. The molecule has 0 aliphatic carbocycles. The number of anilines is 1. The molecule has 10 heteroatoms. The molecule has 2 atom stereocenters. The number of hydrogen-bond donors (Lipinski definition) is 3. The minimum atomic E-state index is -4.03. The van der Waals surface area contributed by atoms with Crippen LogP contribution < -0.4 is 15.4 Å². The number of nitrogens with one attached hydrogen (secondary N) is 3. The van der Waals surface area contributed by atoms with E-state index in [9.17, 15) is 17.6 Å². The van der Waals surface area contributed by atoms with Crippen LogP contribution in [0.2, 0.25) is 5.02 Å². The van der Waals surface area contributed by atoms with Crippen LogP contribution in [0.3, 0.4) is 0 Å².